The Balaban J connectivity index is 2.42. The molecule has 1 aromatic heterocycles. The molecule has 3 N–H and O–H groups in total. The maximum atomic E-state index is 11.8. The molecule has 0 unspecified atom stereocenters. The molecule has 0 spiro atoms. The number of rotatable bonds is 8. The number of H-pyrrole nitrogens is 1. The molecule has 0 aliphatic carbocycles. The van der Waals surface area contributed by atoms with Crippen LogP contribution in [-0.2, 0) is 25.5 Å². The Bertz CT molecular complexity index is 489. The van der Waals surface area contributed by atoms with E-state index in [1.807, 2.05) is 0 Å². The highest BCUT2D eigenvalue weighted by atomic mass is 16.5. The minimum absolute atomic E-state index is 0.0231. The molecule has 1 aromatic rings. The lowest BCUT2D eigenvalue weighted by Crippen LogP contribution is -2.44. The van der Waals surface area contributed by atoms with E-state index >= 15 is 0 Å². The Labute approximate surface area is 127 Å². The van der Waals surface area contributed by atoms with Gasteiger partial charge in [0.2, 0.25) is 5.91 Å². The molecule has 1 heterocycles. The number of ether oxygens (including phenoxy) is 2. The summed E-state index contributed by atoms with van der Waals surface area (Å²) in [6.45, 7) is 2.05. The number of hydrogen-bond donors (Lipinski definition) is 3. The Kier molecular flexibility index (Phi) is 7.44. The number of aromatic amines is 1. The normalized spacial score (nSPS) is 11.4. The number of nitrogens with one attached hydrogen (secondary N) is 3. The van der Waals surface area contributed by atoms with E-state index in [4.69, 9.17) is 0 Å². The van der Waals surface area contributed by atoms with Crippen LogP contribution in [0.25, 0.3) is 0 Å². The largest absolute Gasteiger partial charge is 0.467 e. The third-order valence-corrected chi connectivity index (χ3v) is 2.70. The maximum Gasteiger partial charge on any atom is 0.407 e. The quantitative estimate of drug-likeness (QED) is 0.569. The third-order valence-electron chi connectivity index (χ3n) is 2.70. The predicted octanol–water partition coefficient (Wildman–Crippen LogP) is -0.254. The molecular weight excluding hydrogens is 292 g/mol. The minimum atomic E-state index is -0.819. The molecule has 0 saturated carbocycles. The van der Waals surface area contributed by atoms with Crippen molar-refractivity contribution in [1.82, 2.24) is 20.6 Å². The number of carbonyl (C=O) groups is 3. The molecule has 9 heteroatoms. The van der Waals surface area contributed by atoms with E-state index in [0.29, 0.717) is 5.69 Å². The fourth-order valence-electron chi connectivity index (χ4n) is 1.68. The van der Waals surface area contributed by atoms with Crippen molar-refractivity contribution >= 4 is 18.0 Å². The molecule has 9 nitrogen and oxygen atoms in total. The van der Waals surface area contributed by atoms with Gasteiger partial charge >= 0.3 is 12.1 Å². The molecule has 0 saturated heterocycles. The molecule has 122 valence electrons. The molecule has 0 radical (unpaired) electrons. The van der Waals surface area contributed by atoms with Gasteiger partial charge in [-0.1, -0.05) is 0 Å². The van der Waals surface area contributed by atoms with Crippen LogP contribution < -0.4 is 10.6 Å². The van der Waals surface area contributed by atoms with Gasteiger partial charge in [0.1, 0.15) is 6.04 Å². The summed E-state index contributed by atoms with van der Waals surface area (Å²) in [6.07, 6.45) is 2.72. The Morgan fingerprint density at radius 3 is 2.77 bits per heavy atom. The second kappa shape index (κ2) is 9.37. The van der Waals surface area contributed by atoms with Crippen LogP contribution in [0.15, 0.2) is 12.5 Å². The summed E-state index contributed by atoms with van der Waals surface area (Å²) in [7, 11) is 1.25. The van der Waals surface area contributed by atoms with Gasteiger partial charge in [0, 0.05) is 31.3 Å². The first-order valence-electron chi connectivity index (χ1n) is 6.81. The lowest BCUT2D eigenvalue weighted by atomic mass is 10.1. The second-order valence-corrected chi connectivity index (χ2v) is 4.32. The summed E-state index contributed by atoms with van der Waals surface area (Å²) >= 11 is 0. The van der Waals surface area contributed by atoms with Gasteiger partial charge in [0.05, 0.1) is 20.0 Å². The average molecular weight is 312 g/mol. The standard InChI is InChI=1S/C13H20N4O5/c1-3-22-13(20)15-5-4-11(18)17-10(12(19)21-2)6-9-7-14-8-16-9/h7-8,10H,3-6H2,1-2H3,(H,14,16)(H,15,20)(H,17,18)/t10-/m1/s1. The topological polar surface area (TPSA) is 122 Å². The van der Waals surface area contributed by atoms with Crippen molar-refractivity contribution in [1.29, 1.82) is 0 Å². The number of nitrogens with zero attached hydrogens (tertiary/aromatic N) is 1. The van der Waals surface area contributed by atoms with Crippen molar-refractivity contribution in [3.8, 4) is 0 Å². The number of methoxy groups -OCH3 is 1. The van der Waals surface area contributed by atoms with Crippen LogP contribution >= 0.6 is 0 Å². The van der Waals surface area contributed by atoms with Crippen molar-refractivity contribution in [2.75, 3.05) is 20.3 Å². The molecule has 0 aliphatic rings. The summed E-state index contributed by atoms with van der Waals surface area (Å²) in [6, 6.07) is -0.819. The van der Waals surface area contributed by atoms with Crippen LogP contribution in [0.4, 0.5) is 4.79 Å². The van der Waals surface area contributed by atoms with Gasteiger partial charge in [0.25, 0.3) is 0 Å². The van der Waals surface area contributed by atoms with Crippen LogP contribution in [0.5, 0.6) is 0 Å². The van der Waals surface area contributed by atoms with Crippen LogP contribution in [0.3, 0.4) is 0 Å². The van der Waals surface area contributed by atoms with E-state index in [0.717, 1.165) is 0 Å². The lowest BCUT2D eigenvalue weighted by molar-refractivity contribution is -0.145. The zero-order valence-corrected chi connectivity index (χ0v) is 12.5. The lowest BCUT2D eigenvalue weighted by Gasteiger charge is -2.15. The molecule has 0 fully saturated rings. The number of esters is 1. The van der Waals surface area contributed by atoms with Crippen molar-refractivity contribution in [2.45, 2.75) is 25.8 Å². The van der Waals surface area contributed by atoms with Crippen molar-refractivity contribution < 1.29 is 23.9 Å². The highest BCUT2D eigenvalue weighted by molar-refractivity contribution is 5.84. The number of alkyl carbamates (subject to hydrolysis) is 1. The number of amides is 2. The Morgan fingerprint density at radius 1 is 1.41 bits per heavy atom. The third kappa shape index (κ3) is 6.25. The molecule has 0 bridgehead atoms. The summed E-state index contributed by atoms with van der Waals surface area (Å²) in [5, 5.41) is 4.98. The summed E-state index contributed by atoms with van der Waals surface area (Å²) < 4.78 is 9.32. The van der Waals surface area contributed by atoms with E-state index in [1.165, 1.54) is 13.4 Å². The van der Waals surface area contributed by atoms with E-state index < -0.39 is 18.1 Å². The summed E-state index contributed by atoms with van der Waals surface area (Å²) in [5.74, 6) is -0.937. The number of imidazole rings is 1. The Morgan fingerprint density at radius 2 is 2.18 bits per heavy atom. The van der Waals surface area contributed by atoms with Crippen LogP contribution in [-0.4, -0.2) is 54.2 Å². The monoisotopic (exact) mass is 312 g/mol. The average Bonchev–Trinajstić information content (AvgIpc) is 2.99. The van der Waals surface area contributed by atoms with Crippen molar-refractivity contribution in [3.05, 3.63) is 18.2 Å². The van der Waals surface area contributed by atoms with Gasteiger partial charge in [-0.05, 0) is 6.92 Å². The zero-order valence-electron chi connectivity index (χ0n) is 12.5. The van der Waals surface area contributed by atoms with E-state index in [9.17, 15) is 14.4 Å². The van der Waals surface area contributed by atoms with Gasteiger partial charge in [0.15, 0.2) is 0 Å². The van der Waals surface area contributed by atoms with Gasteiger partial charge in [-0.2, -0.15) is 0 Å². The highest BCUT2D eigenvalue weighted by Gasteiger charge is 2.22. The second-order valence-electron chi connectivity index (χ2n) is 4.32. The van der Waals surface area contributed by atoms with Crippen molar-refractivity contribution in [2.24, 2.45) is 0 Å². The molecule has 0 aliphatic heterocycles. The first-order valence-corrected chi connectivity index (χ1v) is 6.81. The smallest absolute Gasteiger partial charge is 0.407 e. The van der Waals surface area contributed by atoms with Crippen LogP contribution in [0.2, 0.25) is 0 Å². The minimum Gasteiger partial charge on any atom is -0.467 e. The molecule has 1 rings (SSSR count). The molecule has 2 amide bonds. The highest BCUT2D eigenvalue weighted by Crippen LogP contribution is 2.01. The molecule has 22 heavy (non-hydrogen) atoms. The van der Waals surface area contributed by atoms with E-state index in [1.54, 1.807) is 13.1 Å². The van der Waals surface area contributed by atoms with Gasteiger partial charge in [-0.25, -0.2) is 14.6 Å². The number of aromatic nitrogens is 2. The van der Waals surface area contributed by atoms with Gasteiger partial charge in [-0.15, -0.1) is 0 Å². The van der Waals surface area contributed by atoms with Gasteiger partial charge in [-0.3, -0.25) is 4.79 Å². The first-order chi connectivity index (χ1) is 10.6. The Hall–Kier alpha value is -2.58. The number of carbonyl (C=O) groups excluding carboxylic acids is 3. The predicted molar refractivity (Wildman–Crippen MR) is 75.9 cm³/mol. The van der Waals surface area contributed by atoms with E-state index in [-0.39, 0.29) is 31.9 Å². The fraction of sp³-hybridized carbons (Fsp3) is 0.538. The summed E-state index contributed by atoms with van der Waals surface area (Å²) in [5.41, 5.74) is 0.695. The molecule has 1 atom stereocenters. The molecule has 0 aromatic carbocycles. The summed E-state index contributed by atoms with van der Waals surface area (Å²) in [4.78, 5) is 41.2. The van der Waals surface area contributed by atoms with Crippen LogP contribution in [0, 0.1) is 0 Å². The first kappa shape index (κ1) is 17.5. The number of hydrogen-bond acceptors (Lipinski definition) is 6. The molecular formula is C13H20N4O5. The zero-order chi connectivity index (χ0) is 16.4. The maximum absolute atomic E-state index is 11.8. The fourth-order valence-corrected chi connectivity index (χ4v) is 1.68. The SMILES string of the molecule is CCOC(=O)NCCC(=O)N[C@H](Cc1cnc[nH]1)C(=O)OC. The van der Waals surface area contributed by atoms with Crippen molar-refractivity contribution in [3.63, 3.8) is 0 Å². The van der Waals surface area contributed by atoms with E-state index in [2.05, 4.69) is 30.1 Å². The van der Waals surface area contributed by atoms with Crippen LogP contribution in [0.1, 0.15) is 19.0 Å². The van der Waals surface area contributed by atoms with Gasteiger partial charge < -0.3 is 25.1 Å².